The topological polar surface area (TPSA) is 124 Å². The number of aromatic nitrogens is 3. The van der Waals surface area contributed by atoms with E-state index in [-0.39, 0.29) is 62.7 Å². The number of aliphatic hydroxyl groups excluding tert-OH is 1. The average Bonchev–Trinajstić information content (AvgIpc) is 3.61. The highest BCUT2D eigenvalue weighted by atomic mass is 32.1. The Morgan fingerprint density at radius 3 is 2.74 bits per heavy atom. The van der Waals surface area contributed by atoms with Crippen LogP contribution >= 0.6 is 11.3 Å². The van der Waals surface area contributed by atoms with Gasteiger partial charge in [-0.3, -0.25) is 9.88 Å². The largest absolute Gasteiger partial charge is 0.390 e. The van der Waals surface area contributed by atoms with Crippen LogP contribution in [0.5, 0.6) is 0 Å². The van der Waals surface area contributed by atoms with Crippen LogP contribution in [0, 0.1) is 23.0 Å². The third-order valence-electron chi connectivity index (χ3n) is 7.61. The number of ether oxygens (including phenoxy) is 1. The second kappa shape index (κ2) is 9.06. The molecule has 4 aromatic rings. The lowest BCUT2D eigenvalue weighted by atomic mass is 9.94. The van der Waals surface area contributed by atoms with Gasteiger partial charge < -0.3 is 20.5 Å². The number of fused-ring (bicyclic) bond motifs is 4. The molecule has 12 heteroatoms. The van der Waals surface area contributed by atoms with Gasteiger partial charge in [0.1, 0.15) is 16.6 Å². The first kappa shape index (κ1) is 24.8. The number of β-amino-alcohol motifs (C(OH)–C–C–N with tert-alkyl or cyclic N) is 1. The Morgan fingerprint density at radius 2 is 2.00 bits per heavy atom. The zero-order valence-electron chi connectivity index (χ0n) is 21.0. The summed E-state index contributed by atoms with van der Waals surface area (Å²) in [5.41, 5.74) is 7.68. The average molecular weight is 538 g/mol. The molecule has 0 unspecified atom stereocenters. The van der Waals surface area contributed by atoms with Gasteiger partial charge in [0, 0.05) is 41.7 Å². The van der Waals surface area contributed by atoms with E-state index in [9.17, 15) is 14.8 Å². The van der Waals surface area contributed by atoms with Gasteiger partial charge in [0.25, 0.3) is 0 Å². The number of nitrogens with zero attached hydrogens (tertiary/aromatic N) is 6. The SMILES string of the molecule is CC(C)N(C)[C@@H]1CN(c2ncc3c4c(c(-c5ncc(F)c6sc(N)c(C#N)c56)c(F)c3n2)COC4)C[C@@H]1O. The van der Waals surface area contributed by atoms with Crippen LogP contribution in [0.1, 0.15) is 30.5 Å². The molecule has 3 N–H and O–H groups in total. The maximum Gasteiger partial charge on any atom is 0.226 e. The molecule has 0 aliphatic carbocycles. The lowest BCUT2D eigenvalue weighted by Gasteiger charge is -2.29. The number of rotatable bonds is 4. The first-order valence-electron chi connectivity index (χ1n) is 12.2. The van der Waals surface area contributed by atoms with Gasteiger partial charge in [0.2, 0.25) is 5.95 Å². The van der Waals surface area contributed by atoms with Crippen LogP contribution in [0.3, 0.4) is 0 Å². The Morgan fingerprint density at radius 1 is 1.24 bits per heavy atom. The van der Waals surface area contributed by atoms with Crippen molar-refractivity contribution in [3.05, 3.63) is 40.7 Å². The van der Waals surface area contributed by atoms with Crippen molar-refractivity contribution in [1.82, 2.24) is 19.9 Å². The maximum absolute atomic E-state index is 16.5. The van der Waals surface area contributed by atoms with Crippen molar-refractivity contribution < 1.29 is 18.6 Å². The van der Waals surface area contributed by atoms with Crippen molar-refractivity contribution in [3.8, 4) is 17.3 Å². The van der Waals surface area contributed by atoms with Gasteiger partial charge >= 0.3 is 0 Å². The quantitative estimate of drug-likeness (QED) is 0.402. The fraction of sp³-hybridized carbons (Fsp3) is 0.385. The Bertz CT molecular complexity index is 1650. The number of hydrogen-bond donors (Lipinski definition) is 2. The Hall–Kier alpha value is -3.50. The molecule has 9 nitrogen and oxygen atoms in total. The highest BCUT2D eigenvalue weighted by molar-refractivity contribution is 7.23. The Labute approximate surface area is 221 Å². The molecule has 0 amide bonds. The Balaban J connectivity index is 1.54. The molecule has 1 saturated heterocycles. The van der Waals surface area contributed by atoms with Crippen molar-refractivity contribution in [3.63, 3.8) is 0 Å². The Kier molecular flexibility index (Phi) is 5.92. The summed E-state index contributed by atoms with van der Waals surface area (Å²) >= 11 is 0.932. The number of nitrogens with two attached hydrogens (primary N) is 1. The smallest absolute Gasteiger partial charge is 0.226 e. The molecule has 2 aliphatic heterocycles. The molecule has 1 aromatic carbocycles. The molecule has 0 saturated carbocycles. The predicted octanol–water partition coefficient (Wildman–Crippen LogP) is 3.56. The van der Waals surface area contributed by atoms with E-state index in [1.807, 2.05) is 18.0 Å². The molecule has 2 aliphatic rings. The van der Waals surface area contributed by atoms with E-state index >= 15 is 4.39 Å². The summed E-state index contributed by atoms with van der Waals surface area (Å²) in [4.78, 5) is 17.3. The van der Waals surface area contributed by atoms with Crippen molar-refractivity contribution in [2.24, 2.45) is 0 Å². The van der Waals surface area contributed by atoms with E-state index in [2.05, 4.69) is 33.7 Å². The molecule has 0 radical (unpaired) electrons. The number of thiophene rings is 1. The van der Waals surface area contributed by atoms with Gasteiger partial charge in [-0.05, 0) is 32.0 Å². The number of likely N-dealkylation sites (N-methyl/N-ethyl adjacent to an activating group) is 1. The second-order valence-corrected chi connectivity index (χ2v) is 11.0. The summed E-state index contributed by atoms with van der Waals surface area (Å²) in [6, 6.07) is 2.13. The van der Waals surface area contributed by atoms with Gasteiger partial charge in [-0.2, -0.15) is 5.26 Å². The fourth-order valence-corrected chi connectivity index (χ4v) is 6.33. The first-order valence-corrected chi connectivity index (χ1v) is 13.0. The minimum atomic E-state index is -0.655. The number of hydrogen-bond acceptors (Lipinski definition) is 10. The number of aliphatic hydroxyl groups is 1. The number of halogens is 2. The van der Waals surface area contributed by atoms with Gasteiger partial charge in [0.15, 0.2) is 11.6 Å². The highest BCUT2D eigenvalue weighted by Crippen LogP contribution is 2.45. The standard InChI is InChI=1S/C26H25F2N7O2S/c1-11(2)34(3)17-7-35(8-18(17)36)26-32-5-13-14-9-37-10-15(14)19(21(28)22(13)33-26)23-20-12(4-29)25(30)38-24(20)16(27)6-31-23/h5-6,11,17-18,36H,7-10,30H2,1-3H3/t17-,18+/m1/s1. The summed E-state index contributed by atoms with van der Waals surface area (Å²) in [5, 5.41) is 21.3. The number of benzene rings is 1. The van der Waals surface area contributed by atoms with E-state index in [0.29, 0.717) is 30.0 Å². The van der Waals surface area contributed by atoms with Crippen LogP contribution in [0.15, 0.2) is 12.4 Å². The first-order chi connectivity index (χ1) is 18.2. The zero-order valence-corrected chi connectivity index (χ0v) is 21.8. The van der Waals surface area contributed by atoms with Crippen LogP contribution in [-0.4, -0.2) is 63.3 Å². The van der Waals surface area contributed by atoms with Gasteiger partial charge in [-0.1, -0.05) is 0 Å². The van der Waals surface area contributed by atoms with Gasteiger partial charge in [0.05, 0.1) is 47.5 Å². The molecule has 0 bridgehead atoms. The number of pyridine rings is 1. The molecule has 0 spiro atoms. The normalized spacial score (nSPS) is 19.3. The molecule has 1 fully saturated rings. The molecule has 2 atom stereocenters. The van der Waals surface area contributed by atoms with Crippen LogP contribution in [0.2, 0.25) is 0 Å². The fourth-order valence-electron chi connectivity index (χ4n) is 5.41. The number of nitrogen functional groups attached to an aromatic ring is 1. The molecule has 3 aromatic heterocycles. The van der Waals surface area contributed by atoms with E-state index in [1.54, 1.807) is 6.20 Å². The van der Waals surface area contributed by atoms with Crippen LogP contribution in [-0.2, 0) is 18.0 Å². The monoisotopic (exact) mass is 537 g/mol. The third-order valence-corrected chi connectivity index (χ3v) is 8.64. The van der Waals surface area contributed by atoms with Crippen LogP contribution in [0.25, 0.3) is 32.2 Å². The minimum Gasteiger partial charge on any atom is -0.390 e. The molecule has 5 heterocycles. The summed E-state index contributed by atoms with van der Waals surface area (Å²) in [6.45, 7) is 5.27. The summed E-state index contributed by atoms with van der Waals surface area (Å²) in [6.07, 6.45) is 1.99. The van der Waals surface area contributed by atoms with Gasteiger partial charge in [-0.15, -0.1) is 11.3 Å². The van der Waals surface area contributed by atoms with Crippen LogP contribution < -0.4 is 10.6 Å². The predicted molar refractivity (Wildman–Crippen MR) is 141 cm³/mol. The second-order valence-electron chi connectivity index (χ2n) is 9.98. The van der Waals surface area contributed by atoms with Crippen molar-refractivity contribution in [2.45, 2.75) is 45.2 Å². The maximum atomic E-state index is 16.5. The number of anilines is 2. The lowest BCUT2D eigenvalue weighted by Crippen LogP contribution is -2.44. The van der Waals surface area contributed by atoms with Crippen molar-refractivity contribution in [1.29, 1.82) is 5.26 Å². The highest BCUT2D eigenvalue weighted by Gasteiger charge is 2.37. The zero-order chi connectivity index (χ0) is 26.9. The molecular formula is C26H25F2N7O2S. The summed E-state index contributed by atoms with van der Waals surface area (Å²) in [5.74, 6) is -0.985. The van der Waals surface area contributed by atoms with E-state index < -0.39 is 17.7 Å². The lowest BCUT2D eigenvalue weighted by molar-refractivity contribution is 0.0823. The molecule has 6 rings (SSSR count). The van der Waals surface area contributed by atoms with E-state index in [1.165, 1.54) is 0 Å². The molecule has 38 heavy (non-hydrogen) atoms. The van der Waals surface area contributed by atoms with Gasteiger partial charge in [-0.25, -0.2) is 18.7 Å². The van der Waals surface area contributed by atoms with E-state index in [0.717, 1.165) is 23.1 Å². The number of nitriles is 1. The molecule has 196 valence electrons. The van der Waals surface area contributed by atoms with Crippen molar-refractivity contribution >= 4 is 43.3 Å². The third kappa shape index (κ3) is 3.61. The molecular weight excluding hydrogens is 512 g/mol. The minimum absolute atomic E-state index is 0.0638. The van der Waals surface area contributed by atoms with Crippen molar-refractivity contribution in [2.75, 3.05) is 30.8 Å². The van der Waals surface area contributed by atoms with E-state index in [4.69, 9.17) is 10.5 Å². The summed E-state index contributed by atoms with van der Waals surface area (Å²) < 4.78 is 36.9. The van der Waals surface area contributed by atoms with Crippen LogP contribution in [0.4, 0.5) is 19.7 Å². The summed E-state index contributed by atoms with van der Waals surface area (Å²) in [7, 11) is 1.96.